The van der Waals surface area contributed by atoms with E-state index in [9.17, 15) is 9.59 Å². The number of H-pyrrole nitrogens is 1. The van der Waals surface area contributed by atoms with Crippen molar-refractivity contribution in [2.75, 3.05) is 18.0 Å². The number of hydrogen-bond donors (Lipinski definition) is 2. The molecule has 1 amide bonds. The Labute approximate surface area is 99.8 Å². The quantitative estimate of drug-likeness (QED) is 0.766. The second-order valence-corrected chi connectivity index (χ2v) is 4.12. The van der Waals surface area contributed by atoms with Crippen molar-refractivity contribution in [1.82, 2.24) is 9.97 Å². The number of aromatic amines is 1. The lowest BCUT2D eigenvalue weighted by molar-refractivity contribution is -0.116. The van der Waals surface area contributed by atoms with Gasteiger partial charge in [-0.25, -0.2) is 4.98 Å². The van der Waals surface area contributed by atoms with Gasteiger partial charge >= 0.3 is 0 Å². The van der Waals surface area contributed by atoms with Crippen molar-refractivity contribution in [3.8, 4) is 0 Å². The molecule has 6 nitrogen and oxygen atoms in total. The molecular formula is C11H18N4O2. The number of carbonyl (C=O) groups is 1. The number of hydrogen-bond acceptors (Lipinski definition) is 4. The van der Waals surface area contributed by atoms with Gasteiger partial charge < -0.3 is 15.6 Å². The lowest BCUT2D eigenvalue weighted by atomic mass is 10.2. The van der Waals surface area contributed by atoms with Crippen LogP contribution in [0.15, 0.2) is 10.9 Å². The minimum absolute atomic E-state index is 0.0600. The smallest absolute Gasteiger partial charge is 0.252 e. The van der Waals surface area contributed by atoms with Crippen LogP contribution in [0.25, 0.3) is 0 Å². The summed E-state index contributed by atoms with van der Waals surface area (Å²) >= 11 is 0. The van der Waals surface area contributed by atoms with Gasteiger partial charge in [0.15, 0.2) is 0 Å². The van der Waals surface area contributed by atoms with Gasteiger partial charge in [-0.1, -0.05) is 13.8 Å². The standard InChI is InChI=1S/C11H18N4O2/c1-4-15(6-8(12)16)9-5-10(17)14-11(13-9)7(2)3/h5,7H,4,6H2,1-3H3,(H2,12,16)(H,13,14,17). The van der Waals surface area contributed by atoms with E-state index in [1.807, 2.05) is 20.8 Å². The van der Waals surface area contributed by atoms with Gasteiger partial charge in [0, 0.05) is 18.5 Å². The van der Waals surface area contributed by atoms with Crippen molar-refractivity contribution in [2.24, 2.45) is 5.73 Å². The number of anilines is 1. The number of rotatable bonds is 5. The predicted octanol–water partition coefficient (Wildman–Crippen LogP) is 0.205. The highest BCUT2D eigenvalue weighted by atomic mass is 16.1. The Morgan fingerprint density at radius 2 is 2.24 bits per heavy atom. The Kier molecular flexibility index (Phi) is 4.25. The molecule has 0 unspecified atom stereocenters. The maximum atomic E-state index is 11.5. The van der Waals surface area contributed by atoms with E-state index in [4.69, 9.17) is 5.73 Å². The van der Waals surface area contributed by atoms with Crippen LogP contribution in [0.2, 0.25) is 0 Å². The van der Waals surface area contributed by atoms with Crippen molar-refractivity contribution >= 4 is 11.7 Å². The molecule has 0 aliphatic rings. The van der Waals surface area contributed by atoms with Gasteiger partial charge in [-0.15, -0.1) is 0 Å². The summed E-state index contributed by atoms with van der Waals surface area (Å²) in [6.45, 7) is 6.38. The molecule has 6 heteroatoms. The Balaban J connectivity index is 3.10. The molecule has 0 aliphatic carbocycles. The normalized spacial score (nSPS) is 10.6. The Hall–Kier alpha value is -1.85. The molecule has 0 saturated carbocycles. The van der Waals surface area contributed by atoms with Crippen LogP contribution in [0.3, 0.4) is 0 Å². The van der Waals surface area contributed by atoms with E-state index in [2.05, 4.69) is 9.97 Å². The molecule has 0 spiro atoms. The molecule has 0 fully saturated rings. The van der Waals surface area contributed by atoms with Gasteiger partial charge in [-0.3, -0.25) is 9.59 Å². The minimum Gasteiger partial charge on any atom is -0.368 e. The SMILES string of the molecule is CCN(CC(N)=O)c1cc(=O)[nH]c(C(C)C)n1. The first-order valence-corrected chi connectivity index (χ1v) is 5.58. The lowest BCUT2D eigenvalue weighted by Gasteiger charge is -2.20. The first-order chi connectivity index (χ1) is 7.93. The Morgan fingerprint density at radius 1 is 1.59 bits per heavy atom. The fraction of sp³-hybridized carbons (Fsp3) is 0.545. The summed E-state index contributed by atoms with van der Waals surface area (Å²) in [5.41, 5.74) is 4.93. The van der Waals surface area contributed by atoms with Crippen LogP contribution in [0.4, 0.5) is 5.82 Å². The summed E-state index contributed by atoms with van der Waals surface area (Å²) in [7, 11) is 0. The number of aromatic nitrogens is 2. The zero-order valence-electron chi connectivity index (χ0n) is 10.4. The Morgan fingerprint density at radius 3 is 2.71 bits per heavy atom. The zero-order valence-corrected chi connectivity index (χ0v) is 10.4. The number of nitrogens with one attached hydrogen (secondary N) is 1. The van der Waals surface area contributed by atoms with Crippen LogP contribution in [-0.2, 0) is 4.79 Å². The fourth-order valence-corrected chi connectivity index (χ4v) is 1.44. The minimum atomic E-state index is -0.444. The highest BCUT2D eigenvalue weighted by Crippen LogP contribution is 2.12. The van der Waals surface area contributed by atoms with Crippen LogP contribution in [-0.4, -0.2) is 29.0 Å². The summed E-state index contributed by atoms with van der Waals surface area (Å²) in [6.07, 6.45) is 0. The fourth-order valence-electron chi connectivity index (χ4n) is 1.44. The van der Waals surface area contributed by atoms with Crippen LogP contribution in [0.5, 0.6) is 0 Å². The van der Waals surface area contributed by atoms with E-state index < -0.39 is 5.91 Å². The van der Waals surface area contributed by atoms with Crippen molar-refractivity contribution in [2.45, 2.75) is 26.7 Å². The third-order valence-electron chi connectivity index (χ3n) is 2.35. The zero-order chi connectivity index (χ0) is 13.0. The number of likely N-dealkylation sites (N-methyl/N-ethyl adjacent to an activating group) is 1. The highest BCUT2D eigenvalue weighted by Gasteiger charge is 2.12. The van der Waals surface area contributed by atoms with Crippen LogP contribution in [0, 0.1) is 0 Å². The molecule has 0 atom stereocenters. The molecule has 0 saturated heterocycles. The van der Waals surface area contributed by atoms with Gasteiger partial charge in [-0.2, -0.15) is 0 Å². The molecule has 1 aromatic rings. The number of amides is 1. The van der Waals surface area contributed by atoms with Crippen LogP contribution >= 0.6 is 0 Å². The molecule has 0 radical (unpaired) electrons. The topological polar surface area (TPSA) is 92.1 Å². The van der Waals surface area contributed by atoms with Crippen molar-refractivity contribution in [3.63, 3.8) is 0 Å². The number of primary amides is 1. The van der Waals surface area contributed by atoms with Crippen molar-refractivity contribution in [3.05, 3.63) is 22.2 Å². The van der Waals surface area contributed by atoms with Gasteiger partial charge in [0.1, 0.15) is 11.6 Å². The molecule has 0 aliphatic heterocycles. The van der Waals surface area contributed by atoms with Crippen LogP contribution < -0.4 is 16.2 Å². The van der Waals surface area contributed by atoms with Gasteiger partial charge in [0.05, 0.1) is 6.54 Å². The Bertz CT molecular complexity index is 453. The van der Waals surface area contributed by atoms with Crippen molar-refractivity contribution < 1.29 is 4.79 Å². The average molecular weight is 238 g/mol. The highest BCUT2D eigenvalue weighted by molar-refractivity contribution is 5.79. The monoisotopic (exact) mass is 238 g/mol. The molecule has 1 heterocycles. The second kappa shape index (κ2) is 5.47. The summed E-state index contributed by atoms with van der Waals surface area (Å²) < 4.78 is 0. The van der Waals surface area contributed by atoms with Gasteiger partial charge in [0.2, 0.25) is 5.91 Å². The van der Waals surface area contributed by atoms with E-state index in [-0.39, 0.29) is 18.0 Å². The molecule has 1 aromatic heterocycles. The van der Waals surface area contributed by atoms with E-state index in [0.29, 0.717) is 18.2 Å². The summed E-state index contributed by atoms with van der Waals surface area (Å²) in [5.74, 6) is 0.768. The number of nitrogens with zero attached hydrogens (tertiary/aromatic N) is 2. The molecular weight excluding hydrogens is 220 g/mol. The van der Waals surface area contributed by atoms with Crippen molar-refractivity contribution in [1.29, 1.82) is 0 Å². The molecule has 1 rings (SSSR count). The number of carbonyl (C=O) groups excluding carboxylic acids is 1. The third kappa shape index (κ3) is 3.58. The second-order valence-electron chi connectivity index (χ2n) is 4.12. The predicted molar refractivity (Wildman–Crippen MR) is 66.0 cm³/mol. The molecule has 3 N–H and O–H groups in total. The first-order valence-electron chi connectivity index (χ1n) is 5.58. The van der Waals surface area contributed by atoms with E-state index in [1.54, 1.807) is 4.90 Å². The van der Waals surface area contributed by atoms with Gasteiger partial charge in [0.25, 0.3) is 5.56 Å². The largest absolute Gasteiger partial charge is 0.368 e. The third-order valence-corrected chi connectivity index (χ3v) is 2.35. The molecule has 0 aromatic carbocycles. The van der Waals surface area contributed by atoms with Crippen LogP contribution in [0.1, 0.15) is 32.5 Å². The van der Waals surface area contributed by atoms with Gasteiger partial charge in [-0.05, 0) is 6.92 Å². The summed E-state index contributed by atoms with van der Waals surface area (Å²) in [6, 6.07) is 1.37. The first kappa shape index (κ1) is 13.2. The lowest BCUT2D eigenvalue weighted by Crippen LogP contribution is -2.35. The molecule has 17 heavy (non-hydrogen) atoms. The maximum Gasteiger partial charge on any atom is 0.252 e. The van der Waals surface area contributed by atoms with E-state index >= 15 is 0 Å². The van der Waals surface area contributed by atoms with E-state index in [0.717, 1.165) is 0 Å². The summed E-state index contributed by atoms with van der Waals surface area (Å²) in [5, 5.41) is 0. The molecule has 0 bridgehead atoms. The average Bonchev–Trinajstić information content (AvgIpc) is 2.24. The van der Waals surface area contributed by atoms with E-state index in [1.165, 1.54) is 6.07 Å². The summed E-state index contributed by atoms with van der Waals surface area (Å²) in [4.78, 5) is 31.1. The molecule has 94 valence electrons. The number of nitrogens with two attached hydrogens (primary N) is 1. The maximum absolute atomic E-state index is 11.5.